The quantitative estimate of drug-likeness (QED) is 0.838. The third kappa shape index (κ3) is 2.02. The van der Waals surface area contributed by atoms with Crippen molar-refractivity contribution in [2.45, 2.75) is 43.1 Å². The average Bonchev–Trinajstić information content (AvgIpc) is 3.07. The van der Waals surface area contributed by atoms with E-state index in [1.165, 1.54) is 16.7 Å². The first-order valence-electron chi connectivity index (χ1n) is 10.2. The van der Waals surface area contributed by atoms with E-state index in [1.54, 1.807) is 7.11 Å². The Morgan fingerprint density at radius 3 is 2.86 bits per heavy atom. The molecular formula is C24H25NO3. The van der Waals surface area contributed by atoms with E-state index in [0.717, 1.165) is 37.4 Å². The minimum Gasteiger partial charge on any atom is -0.493 e. The van der Waals surface area contributed by atoms with Gasteiger partial charge in [-0.3, -0.25) is 4.90 Å². The third-order valence-electron chi connectivity index (χ3n) is 7.42. The lowest BCUT2D eigenvalue weighted by Gasteiger charge is -2.57. The van der Waals surface area contributed by atoms with Gasteiger partial charge in [0.1, 0.15) is 12.2 Å². The number of nitrogens with zero attached hydrogens (tertiary/aromatic N) is 1. The summed E-state index contributed by atoms with van der Waals surface area (Å²) in [6, 6.07) is 15.4. The van der Waals surface area contributed by atoms with Crippen LogP contribution in [0.5, 0.6) is 11.5 Å². The molecule has 2 aromatic carbocycles. The molecule has 0 amide bonds. The molecule has 4 nitrogen and oxygen atoms in total. The molecule has 2 heterocycles. The number of aliphatic hydroxyl groups is 1. The zero-order valence-electron chi connectivity index (χ0n) is 16.0. The first kappa shape index (κ1) is 16.6. The van der Waals surface area contributed by atoms with Gasteiger partial charge in [0.25, 0.3) is 0 Å². The lowest BCUT2D eigenvalue weighted by molar-refractivity contribution is -0.0538. The van der Waals surface area contributed by atoms with Crippen molar-refractivity contribution in [3.63, 3.8) is 0 Å². The lowest BCUT2D eigenvalue weighted by atomic mass is 9.53. The van der Waals surface area contributed by atoms with Gasteiger partial charge in [0.15, 0.2) is 11.5 Å². The zero-order chi connectivity index (χ0) is 18.9. The van der Waals surface area contributed by atoms with Gasteiger partial charge in [-0.05, 0) is 36.6 Å². The number of hydrogen-bond acceptors (Lipinski definition) is 4. The molecule has 0 unspecified atom stereocenters. The molecule has 5 atom stereocenters. The molecule has 28 heavy (non-hydrogen) atoms. The van der Waals surface area contributed by atoms with Gasteiger partial charge in [-0.15, -0.1) is 0 Å². The standard InChI is InChI=1S/C24H25NO3/c1-27-20-10-7-16-13-18-17-8-9-19(26)23-24(17,21(16)22(20)28-23)11-12-25(18)14-15-5-3-2-4-6-15/h2-10,17-19,23,26H,11-14H2,1H3/t17-,18+,19-,23-,24-/m0/s1. The van der Waals surface area contributed by atoms with E-state index < -0.39 is 6.10 Å². The first-order valence-corrected chi connectivity index (χ1v) is 10.2. The molecule has 1 saturated heterocycles. The molecule has 4 aliphatic rings. The van der Waals surface area contributed by atoms with Crippen molar-refractivity contribution in [1.29, 1.82) is 0 Å². The van der Waals surface area contributed by atoms with E-state index >= 15 is 0 Å². The molecule has 2 aromatic rings. The minimum atomic E-state index is -0.569. The molecule has 2 aliphatic carbocycles. The monoisotopic (exact) mass is 375 g/mol. The first-order chi connectivity index (χ1) is 13.7. The Morgan fingerprint density at radius 1 is 1.18 bits per heavy atom. The third-order valence-corrected chi connectivity index (χ3v) is 7.42. The second-order valence-electron chi connectivity index (χ2n) is 8.59. The van der Waals surface area contributed by atoms with E-state index in [0.29, 0.717) is 12.0 Å². The fourth-order valence-electron chi connectivity index (χ4n) is 6.30. The molecule has 0 aromatic heterocycles. The van der Waals surface area contributed by atoms with Crippen LogP contribution in [-0.4, -0.2) is 41.9 Å². The highest BCUT2D eigenvalue weighted by Crippen LogP contribution is 2.62. The van der Waals surface area contributed by atoms with Crippen molar-refractivity contribution < 1.29 is 14.6 Å². The fourth-order valence-corrected chi connectivity index (χ4v) is 6.30. The fraction of sp³-hybridized carbons (Fsp3) is 0.417. The summed E-state index contributed by atoms with van der Waals surface area (Å²) < 4.78 is 12.0. The second-order valence-corrected chi connectivity index (χ2v) is 8.59. The van der Waals surface area contributed by atoms with Crippen LogP contribution >= 0.6 is 0 Å². The van der Waals surface area contributed by atoms with E-state index in [-0.39, 0.29) is 11.5 Å². The largest absolute Gasteiger partial charge is 0.493 e. The van der Waals surface area contributed by atoms with Crippen LogP contribution in [0.3, 0.4) is 0 Å². The van der Waals surface area contributed by atoms with Crippen LogP contribution < -0.4 is 9.47 Å². The lowest BCUT2D eigenvalue weighted by Crippen LogP contribution is -2.65. The van der Waals surface area contributed by atoms with Crippen molar-refractivity contribution in [3.05, 3.63) is 71.3 Å². The van der Waals surface area contributed by atoms with Gasteiger partial charge < -0.3 is 14.6 Å². The smallest absolute Gasteiger partial charge is 0.165 e. The van der Waals surface area contributed by atoms with E-state index in [2.05, 4.69) is 47.4 Å². The minimum absolute atomic E-state index is 0.135. The predicted molar refractivity (Wildman–Crippen MR) is 107 cm³/mol. The molecule has 1 N–H and O–H groups in total. The molecule has 2 aliphatic heterocycles. The van der Waals surface area contributed by atoms with Crippen molar-refractivity contribution in [2.24, 2.45) is 5.92 Å². The molecule has 6 rings (SSSR count). The van der Waals surface area contributed by atoms with Crippen molar-refractivity contribution in [2.75, 3.05) is 13.7 Å². The van der Waals surface area contributed by atoms with Crippen LogP contribution in [0.15, 0.2) is 54.6 Å². The van der Waals surface area contributed by atoms with E-state index in [1.807, 2.05) is 12.1 Å². The Bertz CT molecular complexity index is 956. The van der Waals surface area contributed by atoms with Crippen molar-refractivity contribution in [3.8, 4) is 11.5 Å². The van der Waals surface area contributed by atoms with Crippen LogP contribution in [0.1, 0.15) is 23.1 Å². The summed E-state index contributed by atoms with van der Waals surface area (Å²) in [7, 11) is 1.70. The maximum absolute atomic E-state index is 10.8. The van der Waals surface area contributed by atoms with Gasteiger partial charge in [-0.25, -0.2) is 0 Å². The highest BCUT2D eigenvalue weighted by Gasteiger charge is 2.64. The van der Waals surface area contributed by atoms with Crippen molar-refractivity contribution in [1.82, 2.24) is 4.90 Å². The average molecular weight is 375 g/mol. The summed E-state index contributed by atoms with van der Waals surface area (Å²) in [4.78, 5) is 2.63. The van der Waals surface area contributed by atoms with Gasteiger partial charge in [0.05, 0.1) is 7.11 Å². The Labute approximate surface area is 165 Å². The molecule has 1 spiro atoms. The summed E-state index contributed by atoms with van der Waals surface area (Å²) in [6.45, 7) is 1.99. The normalized spacial score (nSPS) is 34.6. The SMILES string of the molecule is COc1ccc2c3c1O[C@H]1[C@@H](O)C=C[C@H]4[C@@H](C2)N(Cc2ccccc2)CC[C@@]341. The van der Waals surface area contributed by atoms with Gasteiger partial charge in [0, 0.05) is 29.5 Å². The van der Waals surface area contributed by atoms with Gasteiger partial charge >= 0.3 is 0 Å². The summed E-state index contributed by atoms with van der Waals surface area (Å²) in [6.07, 6.45) is 5.46. The number of ether oxygens (including phenoxy) is 2. The maximum Gasteiger partial charge on any atom is 0.165 e. The molecule has 144 valence electrons. The highest BCUT2D eigenvalue weighted by atomic mass is 16.5. The van der Waals surface area contributed by atoms with Crippen LogP contribution in [0, 0.1) is 5.92 Å². The summed E-state index contributed by atoms with van der Waals surface area (Å²) in [5, 5.41) is 10.8. The van der Waals surface area contributed by atoms with E-state index in [4.69, 9.17) is 9.47 Å². The number of likely N-dealkylation sites (tertiary alicyclic amines) is 1. The highest BCUT2D eigenvalue weighted by molar-refractivity contribution is 5.62. The topological polar surface area (TPSA) is 41.9 Å². The van der Waals surface area contributed by atoms with Gasteiger partial charge in [-0.2, -0.15) is 0 Å². The number of piperidine rings is 1. The van der Waals surface area contributed by atoms with Crippen molar-refractivity contribution >= 4 is 0 Å². The maximum atomic E-state index is 10.8. The number of hydrogen-bond donors (Lipinski definition) is 1. The Kier molecular flexibility index (Phi) is 3.48. The molecule has 4 heteroatoms. The summed E-state index contributed by atoms with van der Waals surface area (Å²) >= 11 is 0. The van der Waals surface area contributed by atoms with Crippen LogP contribution in [0.25, 0.3) is 0 Å². The molecule has 1 fully saturated rings. The number of methoxy groups -OCH3 is 1. The predicted octanol–water partition coefficient (Wildman–Crippen LogP) is 3.07. The Hall–Kier alpha value is -2.30. The van der Waals surface area contributed by atoms with Crippen LogP contribution in [0.4, 0.5) is 0 Å². The second kappa shape index (κ2) is 5.85. The summed E-state index contributed by atoms with van der Waals surface area (Å²) in [5.74, 6) is 2.02. The number of aliphatic hydroxyl groups excluding tert-OH is 1. The Morgan fingerprint density at radius 2 is 2.04 bits per heavy atom. The zero-order valence-corrected chi connectivity index (χ0v) is 16.0. The van der Waals surface area contributed by atoms with Gasteiger partial charge in [-0.1, -0.05) is 48.6 Å². The van der Waals surface area contributed by atoms with Crippen LogP contribution in [-0.2, 0) is 18.4 Å². The molecule has 0 radical (unpaired) electrons. The number of benzene rings is 2. The summed E-state index contributed by atoms with van der Waals surface area (Å²) in [5.41, 5.74) is 3.89. The van der Waals surface area contributed by atoms with E-state index in [9.17, 15) is 5.11 Å². The van der Waals surface area contributed by atoms with Gasteiger partial charge in [0.2, 0.25) is 0 Å². The Balaban J connectivity index is 1.48. The molecule has 2 bridgehead atoms. The number of rotatable bonds is 3. The van der Waals surface area contributed by atoms with Crippen LogP contribution in [0.2, 0.25) is 0 Å². The molecule has 0 saturated carbocycles. The molecular weight excluding hydrogens is 350 g/mol.